The van der Waals surface area contributed by atoms with Crippen LogP contribution in [0.1, 0.15) is 12.0 Å². The number of ketones is 2. The number of rotatable bonds is 6. The molecule has 0 heterocycles. The van der Waals surface area contributed by atoms with Gasteiger partial charge in [-0.1, -0.05) is 18.7 Å². The smallest absolute Gasteiger partial charge is 0.163 e. The number of carbonyl (C=O) groups excluding carboxylic acids is 2. The van der Waals surface area contributed by atoms with Crippen molar-refractivity contribution in [3.63, 3.8) is 0 Å². The first kappa shape index (κ1) is 13.7. The standard InChI is InChI=1S/C14H14O4/c1-3-11(15)9-12(16)6-4-10-5-7-13(17)14(8-10)18-2/h3-8,17H,1,9H2,2H3/b6-4+. The number of hydrogen-bond acceptors (Lipinski definition) is 4. The zero-order valence-corrected chi connectivity index (χ0v) is 10.1. The van der Waals surface area contributed by atoms with E-state index in [0.717, 1.165) is 6.08 Å². The first-order chi connectivity index (χ1) is 8.56. The number of aromatic hydroxyl groups is 1. The minimum Gasteiger partial charge on any atom is -0.504 e. The fourth-order valence-corrected chi connectivity index (χ4v) is 1.29. The Morgan fingerprint density at radius 2 is 2.11 bits per heavy atom. The minimum atomic E-state index is -0.312. The van der Waals surface area contributed by atoms with Crippen LogP contribution < -0.4 is 4.74 Å². The Kier molecular flexibility index (Phi) is 4.87. The molecule has 0 spiro atoms. The number of benzene rings is 1. The number of ether oxygens (including phenoxy) is 1. The Hall–Kier alpha value is -2.36. The van der Waals surface area contributed by atoms with E-state index in [1.807, 2.05) is 0 Å². The lowest BCUT2D eigenvalue weighted by Crippen LogP contribution is -2.01. The highest BCUT2D eigenvalue weighted by atomic mass is 16.5. The lowest BCUT2D eigenvalue weighted by Gasteiger charge is -2.03. The van der Waals surface area contributed by atoms with Crippen LogP contribution >= 0.6 is 0 Å². The molecular formula is C14H14O4. The van der Waals surface area contributed by atoms with Crippen LogP contribution in [0, 0.1) is 0 Å². The van der Waals surface area contributed by atoms with Gasteiger partial charge in [0.2, 0.25) is 0 Å². The first-order valence-corrected chi connectivity index (χ1v) is 5.30. The summed E-state index contributed by atoms with van der Waals surface area (Å²) in [5, 5.41) is 9.39. The highest BCUT2D eigenvalue weighted by molar-refractivity contribution is 6.09. The van der Waals surface area contributed by atoms with E-state index in [4.69, 9.17) is 4.74 Å². The number of phenolic OH excluding ortho intramolecular Hbond substituents is 1. The van der Waals surface area contributed by atoms with Crippen LogP contribution in [-0.4, -0.2) is 23.8 Å². The second-order valence-electron chi connectivity index (χ2n) is 3.58. The van der Waals surface area contributed by atoms with Crippen LogP contribution in [0.25, 0.3) is 6.08 Å². The molecule has 0 aliphatic heterocycles. The van der Waals surface area contributed by atoms with Gasteiger partial charge < -0.3 is 9.84 Å². The monoisotopic (exact) mass is 246 g/mol. The minimum absolute atomic E-state index is 0.0304. The molecule has 0 unspecified atom stereocenters. The van der Waals surface area contributed by atoms with Gasteiger partial charge in [-0.3, -0.25) is 9.59 Å². The lowest BCUT2D eigenvalue weighted by molar-refractivity contribution is -0.121. The summed E-state index contributed by atoms with van der Waals surface area (Å²) < 4.78 is 4.94. The van der Waals surface area contributed by atoms with E-state index in [2.05, 4.69) is 6.58 Å². The third-order valence-corrected chi connectivity index (χ3v) is 2.24. The average molecular weight is 246 g/mol. The maximum Gasteiger partial charge on any atom is 0.163 e. The average Bonchev–Trinajstić information content (AvgIpc) is 2.37. The molecule has 18 heavy (non-hydrogen) atoms. The number of allylic oxidation sites excluding steroid dienone is 2. The predicted octanol–water partition coefficient (Wildman–Crippen LogP) is 2.13. The lowest BCUT2D eigenvalue weighted by atomic mass is 10.1. The molecule has 0 aromatic heterocycles. The summed E-state index contributed by atoms with van der Waals surface area (Å²) in [5.41, 5.74) is 0.698. The molecule has 0 fully saturated rings. The summed E-state index contributed by atoms with van der Waals surface area (Å²) in [6.45, 7) is 3.29. The molecule has 1 aromatic carbocycles. The SMILES string of the molecule is C=CC(=O)CC(=O)/C=C/c1ccc(O)c(OC)c1. The van der Waals surface area contributed by atoms with Crippen molar-refractivity contribution in [2.24, 2.45) is 0 Å². The normalized spacial score (nSPS) is 10.3. The molecule has 0 aliphatic carbocycles. The molecule has 1 N–H and O–H groups in total. The number of carbonyl (C=O) groups is 2. The highest BCUT2D eigenvalue weighted by Crippen LogP contribution is 2.26. The van der Waals surface area contributed by atoms with Crippen LogP contribution in [0.5, 0.6) is 11.5 Å². The molecule has 0 radical (unpaired) electrons. The van der Waals surface area contributed by atoms with Crippen LogP contribution in [0.15, 0.2) is 36.9 Å². The van der Waals surface area contributed by atoms with E-state index in [1.165, 1.54) is 19.3 Å². The first-order valence-electron chi connectivity index (χ1n) is 5.30. The summed E-state index contributed by atoms with van der Waals surface area (Å²) in [7, 11) is 1.44. The summed E-state index contributed by atoms with van der Waals surface area (Å²) in [6, 6.07) is 4.70. The van der Waals surface area contributed by atoms with Crippen molar-refractivity contribution in [3.8, 4) is 11.5 Å². The van der Waals surface area contributed by atoms with Gasteiger partial charge in [0.1, 0.15) is 0 Å². The summed E-state index contributed by atoms with van der Waals surface area (Å²) >= 11 is 0. The predicted molar refractivity (Wildman–Crippen MR) is 68.5 cm³/mol. The molecule has 0 saturated heterocycles. The maximum absolute atomic E-state index is 11.4. The van der Waals surface area contributed by atoms with E-state index < -0.39 is 0 Å². The largest absolute Gasteiger partial charge is 0.504 e. The van der Waals surface area contributed by atoms with Crippen molar-refractivity contribution >= 4 is 17.6 Å². The quantitative estimate of drug-likeness (QED) is 0.617. The van der Waals surface area contributed by atoms with Crippen molar-refractivity contribution < 1.29 is 19.4 Å². The zero-order valence-electron chi connectivity index (χ0n) is 10.1. The van der Waals surface area contributed by atoms with Crippen LogP contribution in [0.4, 0.5) is 0 Å². The van der Waals surface area contributed by atoms with Crippen molar-refractivity contribution in [3.05, 3.63) is 42.5 Å². The van der Waals surface area contributed by atoms with Gasteiger partial charge in [-0.05, 0) is 29.8 Å². The second-order valence-corrected chi connectivity index (χ2v) is 3.58. The maximum atomic E-state index is 11.4. The number of methoxy groups -OCH3 is 1. The number of hydrogen-bond donors (Lipinski definition) is 1. The van der Waals surface area contributed by atoms with Gasteiger partial charge in [-0.25, -0.2) is 0 Å². The van der Waals surface area contributed by atoms with Gasteiger partial charge in [-0.2, -0.15) is 0 Å². The van der Waals surface area contributed by atoms with E-state index in [0.29, 0.717) is 11.3 Å². The van der Waals surface area contributed by atoms with Crippen molar-refractivity contribution in [2.75, 3.05) is 7.11 Å². The van der Waals surface area contributed by atoms with Crippen LogP contribution in [-0.2, 0) is 9.59 Å². The Balaban J connectivity index is 2.75. The van der Waals surface area contributed by atoms with Crippen molar-refractivity contribution in [1.82, 2.24) is 0 Å². The van der Waals surface area contributed by atoms with Gasteiger partial charge in [0, 0.05) is 0 Å². The van der Waals surface area contributed by atoms with E-state index in [1.54, 1.807) is 18.2 Å². The molecule has 1 rings (SSSR count). The molecule has 0 aliphatic rings. The van der Waals surface area contributed by atoms with E-state index in [9.17, 15) is 14.7 Å². The van der Waals surface area contributed by atoms with Crippen LogP contribution in [0.2, 0.25) is 0 Å². The zero-order chi connectivity index (χ0) is 13.5. The Bertz CT molecular complexity index is 501. The molecule has 94 valence electrons. The Morgan fingerprint density at radius 1 is 1.39 bits per heavy atom. The topological polar surface area (TPSA) is 63.6 Å². The fraction of sp³-hybridized carbons (Fsp3) is 0.143. The molecular weight excluding hydrogens is 232 g/mol. The van der Waals surface area contributed by atoms with Gasteiger partial charge in [0.15, 0.2) is 23.1 Å². The van der Waals surface area contributed by atoms with Gasteiger partial charge in [0.05, 0.1) is 13.5 Å². The molecule has 1 aromatic rings. The van der Waals surface area contributed by atoms with Gasteiger partial charge in [0.25, 0.3) is 0 Å². The second kappa shape index (κ2) is 6.39. The van der Waals surface area contributed by atoms with Gasteiger partial charge in [-0.15, -0.1) is 0 Å². The summed E-state index contributed by atoms with van der Waals surface area (Å²) in [4.78, 5) is 22.3. The van der Waals surface area contributed by atoms with E-state index in [-0.39, 0.29) is 23.7 Å². The fourth-order valence-electron chi connectivity index (χ4n) is 1.29. The summed E-state index contributed by atoms with van der Waals surface area (Å²) in [6.07, 6.45) is 3.80. The molecule has 4 nitrogen and oxygen atoms in total. The number of phenols is 1. The van der Waals surface area contributed by atoms with E-state index >= 15 is 0 Å². The summed E-state index contributed by atoms with van der Waals surface area (Å²) in [5.74, 6) is -0.255. The Labute approximate surface area is 105 Å². The third-order valence-electron chi connectivity index (χ3n) is 2.24. The van der Waals surface area contributed by atoms with Crippen molar-refractivity contribution in [1.29, 1.82) is 0 Å². The molecule has 0 bridgehead atoms. The van der Waals surface area contributed by atoms with Gasteiger partial charge >= 0.3 is 0 Å². The Morgan fingerprint density at radius 3 is 2.72 bits per heavy atom. The molecule has 0 saturated carbocycles. The third kappa shape index (κ3) is 3.90. The molecule has 0 amide bonds. The molecule has 4 heteroatoms. The highest BCUT2D eigenvalue weighted by Gasteiger charge is 2.03. The van der Waals surface area contributed by atoms with Crippen molar-refractivity contribution in [2.45, 2.75) is 6.42 Å². The molecule has 0 atom stereocenters. The van der Waals surface area contributed by atoms with Crippen LogP contribution in [0.3, 0.4) is 0 Å².